The molecule has 0 aromatic carbocycles. The number of carboxylic acid groups (broad SMARTS) is 2. The van der Waals surface area contributed by atoms with Gasteiger partial charge in [-0.05, 0) is 6.42 Å². The van der Waals surface area contributed by atoms with Gasteiger partial charge in [0.25, 0.3) is 0 Å². The molecule has 1 saturated heterocycles. The molecule has 0 spiro atoms. The van der Waals surface area contributed by atoms with Crippen LogP contribution in [0.4, 0.5) is 0 Å². The number of hydrogen-bond acceptors (Lipinski definition) is 4. The normalized spacial score (nSPS) is 25.3. The molecule has 1 heterocycles. The van der Waals surface area contributed by atoms with Gasteiger partial charge >= 0.3 is 11.9 Å². The van der Waals surface area contributed by atoms with Gasteiger partial charge in [0.15, 0.2) is 0 Å². The van der Waals surface area contributed by atoms with Crippen LogP contribution in [0.15, 0.2) is 0 Å². The first-order chi connectivity index (χ1) is 7.07. The van der Waals surface area contributed by atoms with Crippen LogP contribution in [-0.4, -0.2) is 48.6 Å². The summed E-state index contributed by atoms with van der Waals surface area (Å²) in [6.07, 6.45) is 0.298. The molecule has 0 amide bonds. The summed E-state index contributed by atoms with van der Waals surface area (Å²) < 4.78 is 10.1. The predicted octanol–water partition coefficient (Wildman–Crippen LogP) is -0.0310. The molecule has 0 aliphatic carbocycles. The Morgan fingerprint density at radius 2 is 2.13 bits per heavy atom. The molecule has 1 fully saturated rings. The van der Waals surface area contributed by atoms with Crippen molar-refractivity contribution in [3.8, 4) is 0 Å². The van der Waals surface area contributed by atoms with Crippen LogP contribution >= 0.6 is 0 Å². The number of aliphatic carboxylic acids is 2. The van der Waals surface area contributed by atoms with Crippen LogP contribution in [0.1, 0.15) is 12.8 Å². The molecule has 15 heavy (non-hydrogen) atoms. The van der Waals surface area contributed by atoms with Crippen LogP contribution in [0.25, 0.3) is 0 Å². The maximum Gasteiger partial charge on any atom is 0.314 e. The number of carbonyl (C=O) groups is 2. The smallest absolute Gasteiger partial charge is 0.314 e. The third-order valence-corrected chi connectivity index (χ3v) is 2.40. The first kappa shape index (κ1) is 11.9. The van der Waals surface area contributed by atoms with Crippen LogP contribution in [0.2, 0.25) is 0 Å². The molecule has 1 unspecified atom stereocenters. The third-order valence-electron chi connectivity index (χ3n) is 2.40. The van der Waals surface area contributed by atoms with Crippen molar-refractivity contribution in [3.05, 3.63) is 0 Å². The standard InChI is InChI=1S/C9H14O6/c10-7(11)1-3-14-5-9(8(12)13)2-4-15-6-9/h1-6H2,(H,10,11)(H,12,13). The SMILES string of the molecule is O=C(O)CCOCC1(C(=O)O)CCOC1. The number of ether oxygens (including phenoxy) is 2. The van der Waals surface area contributed by atoms with E-state index in [1.165, 1.54) is 0 Å². The first-order valence-electron chi connectivity index (χ1n) is 4.67. The highest BCUT2D eigenvalue weighted by Crippen LogP contribution is 2.29. The van der Waals surface area contributed by atoms with Gasteiger partial charge in [-0.1, -0.05) is 0 Å². The monoisotopic (exact) mass is 218 g/mol. The quantitative estimate of drug-likeness (QED) is 0.608. The van der Waals surface area contributed by atoms with Crippen molar-refractivity contribution in [1.82, 2.24) is 0 Å². The zero-order chi connectivity index (χ0) is 11.3. The minimum Gasteiger partial charge on any atom is -0.481 e. The van der Waals surface area contributed by atoms with E-state index >= 15 is 0 Å². The van der Waals surface area contributed by atoms with Gasteiger partial charge in [-0.25, -0.2) is 0 Å². The molecule has 1 aliphatic heterocycles. The summed E-state index contributed by atoms with van der Waals surface area (Å²) in [6.45, 7) is 0.587. The Kier molecular flexibility index (Phi) is 4.05. The molecule has 0 saturated carbocycles. The highest BCUT2D eigenvalue weighted by molar-refractivity contribution is 5.75. The molecular formula is C9H14O6. The average molecular weight is 218 g/mol. The molecule has 6 heteroatoms. The summed E-state index contributed by atoms with van der Waals surface area (Å²) in [7, 11) is 0. The zero-order valence-corrected chi connectivity index (χ0v) is 8.27. The number of carboxylic acids is 2. The lowest BCUT2D eigenvalue weighted by Crippen LogP contribution is -2.36. The summed E-state index contributed by atoms with van der Waals surface area (Å²) >= 11 is 0. The van der Waals surface area contributed by atoms with Crippen molar-refractivity contribution in [2.45, 2.75) is 12.8 Å². The van der Waals surface area contributed by atoms with Crippen LogP contribution in [0.3, 0.4) is 0 Å². The second kappa shape index (κ2) is 5.09. The van der Waals surface area contributed by atoms with Gasteiger partial charge < -0.3 is 19.7 Å². The summed E-state index contributed by atoms with van der Waals surface area (Å²) in [5, 5.41) is 17.4. The highest BCUT2D eigenvalue weighted by atomic mass is 16.5. The molecule has 1 atom stereocenters. The second-order valence-electron chi connectivity index (χ2n) is 3.58. The molecule has 1 rings (SSSR count). The lowest BCUT2D eigenvalue weighted by Gasteiger charge is -2.21. The Morgan fingerprint density at radius 3 is 2.60 bits per heavy atom. The number of hydrogen-bond donors (Lipinski definition) is 2. The maximum absolute atomic E-state index is 11.0. The fraction of sp³-hybridized carbons (Fsp3) is 0.778. The van der Waals surface area contributed by atoms with Gasteiger partial charge in [0.2, 0.25) is 0 Å². The lowest BCUT2D eigenvalue weighted by molar-refractivity contribution is -0.153. The Bertz CT molecular complexity index is 243. The predicted molar refractivity (Wildman–Crippen MR) is 48.6 cm³/mol. The summed E-state index contributed by atoms with van der Waals surface area (Å²) in [4.78, 5) is 21.2. The number of rotatable bonds is 6. The molecule has 2 N–H and O–H groups in total. The van der Waals surface area contributed by atoms with Crippen LogP contribution in [-0.2, 0) is 19.1 Å². The van der Waals surface area contributed by atoms with Crippen LogP contribution in [0, 0.1) is 5.41 Å². The Balaban J connectivity index is 2.33. The van der Waals surface area contributed by atoms with Crippen LogP contribution < -0.4 is 0 Å². The van der Waals surface area contributed by atoms with Gasteiger partial charge in [0.05, 0.1) is 26.2 Å². The first-order valence-corrected chi connectivity index (χ1v) is 4.67. The van der Waals surface area contributed by atoms with Crippen molar-refractivity contribution in [2.24, 2.45) is 5.41 Å². The van der Waals surface area contributed by atoms with E-state index < -0.39 is 17.4 Å². The molecule has 0 bridgehead atoms. The van der Waals surface area contributed by atoms with Gasteiger partial charge in [-0.3, -0.25) is 9.59 Å². The van der Waals surface area contributed by atoms with E-state index in [0.29, 0.717) is 13.0 Å². The van der Waals surface area contributed by atoms with E-state index in [9.17, 15) is 9.59 Å². The Labute approximate surface area is 86.8 Å². The molecule has 0 radical (unpaired) electrons. The molecular weight excluding hydrogens is 204 g/mol. The van der Waals surface area contributed by atoms with E-state index in [1.54, 1.807) is 0 Å². The van der Waals surface area contributed by atoms with Crippen molar-refractivity contribution in [2.75, 3.05) is 26.4 Å². The Morgan fingerprint density at radius 1 is 1.40 bits per heavy atom. The minimum atomic E-state index is -0.988. The van der Waals surface area contributed by atoms with Gasteiger partial charge in [0.1, 0.15) is 5.41 Å². The Hall–Kier alpha value is -1.14. The zero-order valence-electron chi connectivity index (χ0n) is 8.27. The maximum atomic E-state index is 11.0. The summed E-state index contributed by atoms with van der Waals surface area (Å²) in [5.41, 5.74) is -0.988. The van der Waals surface area contributed by atoms with Crippen molar-refractivity contribution < 1.29 is 29.3 Å². The third kappa shape index (κ3) is 3.17. The topological polar surface area (TPSA) is 93.1 Å². The molecule has 0 aromatic heterocycles. The average Bonchev–Trinajstić information content (AvgIpc) is 2.62. The lowest BCUT2D eigenvalue weighted by atomic mass is 9.89. The highest BCUT2D eigenvalue weighted by Gasteiger charge is 2.42. The van der Waals surface area contributed by atoms with E-state index in [2.05, 4.69) is 0 Å². The van der Waals surface area contributed by atoms with Gasteiger partial charge in [0, 0.05) is 6.61 Å². The van der Waals surface area contributed by atoms with E-state index in [4.69, 9.17) is 19.7 Å². The van der Waals surface area contributed by atoms with Crippen LogP contribution in [0.5, 0.6) is 0 Å². The van der Waals surface area contributed by atoms with E-state index in [-0.39, 0.29) is 26.2 Å². The van der Waals surface area contributed by atoms with Crippen molar-refractivity contribution >= 4 is 11.9 Å². The molecule has 6 nitrogen and oxygen atoms in total. The summed E-state index contributed by atoms with van der Waals surface area (Å²) in [5.74, 6) is -1.91. The second-order valence-corrected chi connectivity index (χ2v) is 3.58. The van der Waals surface area contributed by atoms with Gasteiger partial charge in [-0.2, -0.15) is 0 Å². The largest absolute Gasteiger partial charge is 0.481 e. The van der Waals surface area contributed by atoms with Crippen molar-refractivity contribution in [3.63, 3.8) is 0 Å². The summed E-state index contributed by atoms with van der Waals surface area (Å²) in [6, 6.07) is 0. The molecule has 86 valence electrons. The van der Waals surface area contributed by atoms with E-state index in [1.807, 2.05) is 0 Å². The van der Waals surface area contributed by atoms with Gasteiger partial charge in [-0.15, -0.1) is 0 Å². The van der Waals surface area contributed by atoms with Crippen molar-refractivity contribution in [1.29, 1.82) is 0 Å². The molecule has 0 aromatic rings. The van der Waals surface area contributed by atoms with E-state index in [0.717, 1.165) is 0 Å². The minimum absolute atomic E-state index is 0.00954. The fourth-order valence-electron chi connectivity index (χ4n) is 1.38. The fourth-order valence-corrected chi connectivity index (χ4v) is 1.38. The molecule has 1 aliphatic rings.